The van der Waals surface area contributed by atoms with E-state index in [0.29, 0.717) is 12.2 Å². The Balaban J connectivity index is 0.00000200. The molecule has 3 N–H and O–H groups in total. The van der Waals surface area contributed by atoms with Gasteiger partial charge in [-0.05, 0) is 18.9 Å². The molecule has 0 spiro atoms. The lowest BCUT2D eigenvalue weighted by atomic mass is 10.1. The number of carbonyl (C=O) groups is 1. The van der Waals surface area contributed by atoms with Gasteiger partial charge in [0.1, 0.15) is 0 Å². The van der Waals surface area contributed by atoms with Crippen molar-refractivity contribution in [2.24, 2.45) is 5.73 Å². The Morgan fingerprint density at radius 2 is 2.10 bits per heavy atom. The summed E-state index contributed by atoms with van der Waals surface area (Å²) in [6, 6.07) is 8.72. The number of benzene rings is 1. The van der Waals surface area contributed by atoms with Gasteiger partial charge in [0.15, 0.2) is 5.82 Å². The van der Waals surface area contributed by atoms with Crippen molar-refractivity contribution in [2.75, 3.05) is 0 Å². The molecule has 0 aliphatic carbocycles. The molecule has 2 unspecified atom stereocenters. The average molecular weight is 297 g/mol. The van der Waals surface area contributed by atoms with Crippen LogP contribution in [0.4, 0.5) is 0 Å². The van der Waals surface area contributed by atoms with Gasteiger partial charge < -0.3 is 15.6 Å². The van der Waals surface area contributed by atoms with Crippen molar-refractivity contribution in [1.29, 1.82) is 0 Å². The van der Waals surface area contributed by atoms with Crippen LogP contribution in [0.1, 0.15) is 24.4 Å². The standard InChI is InChI=1S/C13H16N4O2.ClH/c1-9(12-15-8-19-17-12)16-13(18)11(14)7-10-5-3-2-4-6-10;/h2-6,8-9,11H,7,14H2,1H3,(H,16,18);1H. The van der Waals surface area contributed by atoms with E-state index >= 15 is 0 Å². The highest BCUT2D eigenvalue weighted by atomic mass is 35.5. The summed E-state index contributed by atoms with van der Waals surface area (Å²) in [7, 11) is 0. The van der Waals surface area contributed by atoms with Crippen molar-refractivity contribution >= 4 is 18.3 Å². The molecule has 7 heteroatoms. The minimum absolute atomic E-state index is 0. The van der Waals surface area contributed by atoms with Crippen LogP contribution in [0.5, 0.6) is 0 Å². The first-order chi connectivity index (χ1) is 9.16. The van der Waals surface area contributed by atoms with E-state index in [1.54, 1.807) is 6.92 Å². The first kappa shape index (κ1) is 16.1. The molecule has 0 radical (unpaired) electrons. The predicted octanol–water partition coefficient (Wildman–Crippen LogP) is 1.24. The van der Waals surface area contributed by atoms with E-state index in [2.05, 4.69) is 20.0 Å². The second-order valence-electron chi connectivity index (χ2n) is 4.32. The van der Waals surface area contributed by atoms with Gasteiger partial charge in [0.25, 0.3) is 0 Å². The van der Waals surface area contributed by atoms with E-state index < -0.39 is 6.04 Å². The second-order valence-corrected chi connectivity index (χ2v) is 4.32. The maximum Gasteiger partial charge on any atom is 0.237 e. The molecule has 2 atom stereocenters. The van der Waals surface area contributed by atoms with Gasteiger partial charge in [0.2, 0.25) is 12.3 Å². The molecule has 1 heterocycles. The molecular formula is C13H17ClN4O2. The van der Waals surface area contributed by atoms with E-state index in [1.807, 2.05) is 30.3 Å². The van der Waals surface area contributed by atoms with Crippen molar-refractivity contribution in [3.63, 3.8) is 0 Å². The number of carbonyl (C=O) groups excluding carboxylic acids is 1. The van der Waals surface area contributed by atoms with Gasteiger partial charge in [0, 0.05) is 0 Å². The zero-order valence-corrected chi connectivity index (χ0v) is 11.8. The number of hydrogen-bond acceptors (Lipinski definition) is 5. The molecule has 0 saturated carbocycles. The third-order valence-electron chi connectivity index (χ3n) is 2.76. The van der Waals surface area contributed by atoms with Crippen LogP contribution in [0, 0.1) is 0 Å². The maximum absolute atomic E-state index is 11.9. The molecule has 2 aromatic rings. The molecular weight excluding hydrogens is 280 g/mol. The first-order valence-electron chi connectivity index (χ1n) is 6.03. The molecule has 2 rings (SSSR count). The van der Waals surface area contributed by atoms with E-state index in [0.717, 1.165) is 5.56 Å². The predicted molar refractivity (Wildman–Crippen MR) is 76.2 cm³/mol. The number of nitrogens with two attached hydrogens (primary N) is 1. The van der Waals surface area contributed by atoms with E-state index in [1.165, 1.54) is 6.39 Å². The van der Waals surface area contributed by atoms with Crippen LogP contribution in [0.25, 0.3) is 0 Å². The van der Waals surface area contributed by atoms with Crippen LogP contribution in [0.3, 0.4) is 0 Å². The normalized spacial score (nSPS) is 13.1. The fourth-order valence-electron chi connectivity index (χ4n) is 1.72. The van der Waals surface area contributed by atoms with Crippen LogP contribution in [0.15, 0.2) is 41.2 Å². The minimum Gasteiger partial charge on any atom is -0.345 e. The highest BCUT2D eigenvalue weighted by molar-refractivity contribution is 5.85. The van der Waals surface area contributed by atoms with Gasteiger partial charge in [-0.3, -0.25) is 4.79 Å². The summed E-state index contributed by atoms with van der Waals surface area (Å²) in [5.41, 5.74) is 6.90. The van der Waals surface area contributed by atoms with Crippen molar-refractivity contribution in [3.05, 3.63) is 48.1 Å². The summed E-state index contributed by atoms with van der Waals surface area (Å²) in [6.07, 6.45) is 1.72. The lowest BCUT2D eigenvalue weighted by Gasteiger charge is -2.15. The van der Waals surface area contributed by atoms with E-state index in [-0.39, 0.29) is 24.4 Å². The Kier molecular flexibility index (Phi) is 6.14. The summed E-state index contributed by atoms with van der Waals surface area (Å²) in [5.74, 6) is 0.196. The maximum atomic E-state index is 11.9. The number of halogens is 1. The molecule has 20 heavy (non-hydrogen) atoms. The molecule has 0 aliphatic rings. The Labute approximate surface area is 123 Å². The highest BCUT2D eigenvalue weighted by Crippen LogP contribution is 2.07. The summed E-state index contributed by atoms with van der Waals surface area (Å²) in [5, 5.41) is 6.42. The molecule has 0 fully saturated rings. The van der Waals surface area contributed by atoms with E-state index in [9.17, 15) is 4.79 Å². The second kappa shape index (κ2) is 7.62. The number of rotatable bonds is 5. The minimum atomic E-state index is -0.600. The summed E-state index contributed by atoms with van der Waals surface area (Å²) < 4.78 is 4.63. The van der Waals surface area contributed by atoms with Crippen LogP contribution in [-0.4, -0.2) is 22.1 Å². The fourth-order valence-corrected chi connectivity index (χ4v) is 1.72. The van der Waals surface area contributed by atoms with Crippen molar-refractivity contribution < 1.29 is 9.32 Å². The largest absolute Gasteiger partial charge is 0.345 e. The third kappa shape index (κ3) is 4.32. The number of nitrogens with zero attached hydrogens (tertiary/aromatic N) is 2. The molecule has 1 aromatic carbocycles. The zero-order chi connectivity index (χ0) is 13.7. The molecule has 6 nitrogen and oxygen atoms in total. The number of hydrogen-bond donors (Lipinski definition) is 2. The lowest BCUT2D eigenvalue weighted by Crippen LogP contribution is -2.43. The average Bonchev–Trinajstić information content (AvgIpc) is 2.93. The van der Waals surface area contributed by atoms with Crippen LogP contribution in [-0.2, 0) is 11.2 Å². The van der Waals surface area contributed by atoms with Gasteiger partial charge in [0.05, 0.1) is 12.1 Å². The molecule has 108 valence electrons. The topological polar surface area (TPSA) is 94.0 Å². The van der Waals surface area contributed by atoms with Gasteiger partial charge >= 0.3 is 0 Å². The third-order valence-corrected chi connectivity index (χ3v) is 2.76. The zero-order valence-electron chi connectivity index (χ0n) is 11.0. The smallest absolute Gasteiger partial charge is 0.237 e. The van der Waals surface area contributed by atoms with Gasteiger partial charge in [-0.15, -0.1) is 12.4 Å². The van der Waals surface area contributed by atoms with Gasteiger partial charge in [-0.25, -0.2) is 0 Å². The Bertz CT molecular complexity index is 518. The number of aromatic nitrogens is 2. The Hall–Kier alpha value is -1.92. The van der Waals surface area contributed by atoms with Crippen molar-refractivity contribution in [3.8, 4) is 0 Å². The molecule has 0 aliphatic heterocycles. The number of amides is 1. The molecule has 0 saturated heterocycles. The monoisotopic (exact) mass is 296 g/mol. The first-order valence-corrected chi connectivity index (χ1v) is 6.03. The van der Waals surface area contributed by atoms with E-state index in [4.69, 9.17) is 5.73 Å². The lowest BCUT2D eigenvalue weighted by molar-refractivity contribution is -0.123. The van der Waals surface area contributed by atoms with Gasteiger partial charge in [-0.2, -0.15) is 4.98 Å². The number of nitrogens with one attached hydrogen (secondary N) is 1. The van der Waals surface area contributed by atoms with Crippen molar-refractivity contribution in [1.82, 2.24) is 15.5 Å². The highest BCUT2D eigenvalue weighted by Gasteiger charge is 2.18. The quantitative estimate of drug-likeness (QED) is 0.865. The Morgan fingerprint density at radius 3 is 2.70 bits per heavy atom. The fraction of sp³-hybridized carbons (Fsp3) is 0.308. The van der Waals surface area contributed by atoms with Crippen LogP contribution in [0.2, 0.25) is 0 Å². The summed E-state index contributed by atoms with van der Waals surface area (Å²) in [6.45, 7) is 1.78. The SMILES string of the molecule is CC(NC(=O)C(N)Cc1ccccc1)c1ncon1.Cl. The van der Waals surface area contributed by atoms with Crippen molar-refractivity contribution in [2.45, 2.75) is 25.4 Å². The summed E-state index contributed by atoms with van der Waals surface area (Å²) in [4.78, 5) is 15.8. The van der Waals surface area contributed by atoms with Gasteiger partial charge in [-0.1, -0.05) is 35.5 Å². The molecule has 1 amide bonds. The summed E-state index contributed by atoms with van der Waals surface area (Å²) >= 11 is 0. The van der Waals surface area contributed by atoms with Crippen LogP contribution >= 0.6 is 12.4 Å². The Morgan fingerprint density at radius 1 is 1.40 bits per heavy atom. The van der Waals surface area contributed by atoms with Crippen LogP contribution < -0.4 is 11.1 Å². The molecule has 1 aromatic heterocycles. The molecule has 0 bridgehead atoms.